The lowest BCUT2D eigenvalue weighted by atomic mass is 10.2. The van der Waals surface area contributed by atoms with E-state index in [2.05, 4.69) is 39.5 Å². The van der Waals surface area contributed by atoms with Crippen molar-refractivity contribution in [2.24, 2.45) is 0 Å². The van der Waals surface area contributed by atoms with Gasteiger partial charge in [0.05, 0.1) is 13.3 Å². The lowest BCUT2D eigenvalue weighted by Gasteiger charge is -2.22. The van der Waals surface area contributed by atoms with E-state index in [0.717, 1.165) is 42.5 Å². The Bertz CT molecular complexity index is 668. The van der Waals surface area contributed by atoms with Gasteiger partial charge in [0, 0.05) is 25.4 Å². The Morgan fingerprint density at radius 3 is 2.79 bits per heavy atom. The molecule has 0 aliphatic carbocycles. The minimum absolute atomic E-state index is 0.240. The molecule has 0 unspecified atom stereocenters. The summed E-state index contributed by atoms with van der Waals surface area (Å²) in [7, 11) is 1.63. The van der Waals surface area contributed by atoms with Crippen LogP contribution < -0.4 is 14.8 Å². The number of thioether (sulfide) groups is 1. The average molecular weight is 410 g/mol. The number of aliphatic hydroxyl groups excluding tert-OH is 1. The van der Waals surface area contributed by atoms with Crippen LogP contribution in [0.3, 0.4) is 0 Å². The molecule has 0 aliphatic rings. The molecular formula is C19H31N5O3S. The normalized spacial score (nSPS) is 12.3. The van der Waals surface area contributed by atoms with Gasteiger partial charge in [0.1, 0.15) is 17.7 Å². The molecular weight excluding hydrogens is 378 g/mol. The zero-order valence-corrected chi connectivity index (χ0v) is 17.7. The van der Waals surface area contributed by atoms with Crippen LogP contribution in [0.2, 0.25) is 0 Å². The van der Waals surface area contributed by atoms with Gasteiger partial charge in [0.15, 0.2) is 11.5 Å². The van der Waals surface area contributed by atoms with E-state index in [4.69, 9.17) is 9.47 Å². The molecule has 2 rings (SSSR count). The fourth-order valence-corrected chi connectivity index (χ4v) is 3.37. The first-order valence-corrected chi connectivity index (χ1v) is 10.5. The van der Waals surface area contributed by atoms with Crippen molar-refractivity contribution in [2.45, 2.75) is 31.5 Å². The van der Waals surface area contributed by atoms with Crippen molar-refractivity contribution in [3.63, 3.8) is 0 Å². The van der Waals surface area contributed by atoms with E-state index in [-0.39, 0.29) is 6.61 Å². The van der Waals surface area contributed by atoms with Crippen molar-refractivity contribution in [1.82, 2.24) is 25.6 Å². The van der Waals surface area contributed by atoms with Gasteiger partial charge in [-0.3, -0.25) is 0 Å². The smallest absolute Gasteiger partial charge is 0.161 e. The second-order valence-corrected chi connectivity index (χ2v) is 7.38. The lowest BCUT2D eigenvalue weighted by molar-refractivity contribution is 0.0705. The summed E-state index contributed by atoms with van der Waals surface area (Å²) in [6.45, 7) is 8.43. The number of hydrogen-bond acceptors (Lipinski definition) is 8. The number of likely N-dealkylation sites (N-methyl/N-ethyl adjacent to an activating group) is 1. The van der Waals surface area contributed by atoms with Gasteiger partial charge in [-0.1, -0.05) is 19.9 Å². The first-order valence-electron chi connectivity index (χ1n) is 9.55. The summed E-state index contributed by atoms with van der Waals surface area (Å²) in [5.41, 5.74) is 1.11. The second kappa shape index (κ2) is 12.6. The first-order chi connectivity index (χ1) is 13.7. The van der Waals surface area contributed by atoms with Crippen molar-refractivity contribution in [3.8, 4) is 11.5 Å². The van der Waals surface area contributed by atoms with Crippen LogP contribution in [0.4, 0.5) is 0 Å². The lowest BCUT2D eigenvalue weighted by Crippen LogP contribution is -2.35. The van der Waals surface area contributed by atoms with Crippen molar-refractivity contribution in [3.05, 3.63) is 30.0 Å². The van der Waals surface area contributed by atoms with Crippen LogP contribution in [0.15, 0.2) is 29.4 Å². The van der Waals surface area contributed by atoms with E-state index in [1.807, 2.05) is 18.2 Å². The largest absolute Gasteiger partial charge is 0.493 e. The fourth-order valence-electron chi connectivity index (χ4n) is 2.68. The highest BCUT2D eigenvalue weighted by Gasteiger charge is 2.12. The van der Waals surface area contributed by atoms with Crippen molar-refractivity contribution < 1.29 is 14.6 Å². The second-order valence-electron chi connectivity index (χ2n) is 6.27. The van der Waals surface area contributed by atoms with Gasteiger partial charge in [-0.2, -0.15) is 10.3 Å². The molecule has 0 fully saturated rings. The zero-order chi connectivity index (χ0) is 20.2. The van der Waals surface area contributed by atoms with Gasteiger partial charge >= 0.3 is 0 Å². The molecule has 156 valence electrons. The van der Waals surface area contributed by atoms with Crippen molar-refractivity contribution in [2.75, 3.05) is 45.6 Å². The Balaban J connectivity index is 1.75. The molecule has 0 spiro atoms. The monoisotopic (exact) mass is 409 g/mol. The minimum atomic E-state index is -0.534. The summed E-state index contributed by atoms with van der Waals surface area (Å²) in [5.74, 6) is 2.23. The van der Waals surface area contributed by atoms with Crippen LogP contribution in [0.1, 0.15) is 19.4 Å². The molecule has 3 N–H and O–H groups in total. The standard InChI is InChI=1S/C19H31N5O3S/c1-4-24(5-2)13-16(25)14-27-17-7-6-15(10-18(17)26-3)11-20-8-9-28-19-12-21-23-22-19/h6-7,10,12,16,20,25H,4-5,8-9,11,13-14H2,1-3H3,(H,21,22,23)/t16-/m1/s1. The number of aromatic amines is 1. The van der Waals surface area contributed by atoms with Crippen molar-refractivity contribution >= 4 is 11.8 Å². The maximum Gasteiger partial charge on any atom is 0.161 e. The molecule has 9 heteroatoms. The van der Waals surface area contributed by atoms with Gasteiger partial charge in [-0.05, 0) is 30.8 Å². The summed E-state index contributed by atoms with van der Waals surface area (Å²) < 4.78 is 11.2. The van der Waals surface area contributed by atoms with Gasteiger partial charge in [0.25, 0.3) is 0 Å². The Hall–Kier alpha value is -1.81. The van der Waals surface area contributed by atoms with Gasteiger partial charge in [-0.15, -0.1) is 16.9 Å². The molecule has 1 aromatic heterocycles. The first kappa shape index (κ1) is 22.5. The highest BCUT2D eigenvalue weighted by molar-refractivity contribution is 7.99. The number of rotatable bonds is 14. The maximum atomic E-state index is 10.2. The molecule has 1 aromatic carbocycles. The summed E-state index contributed by atoms with van der Waals surface area (Å²) in [5, 5.41) is 24.9. The number of ether oxygens (including phenoxy) is 2. The Morgan fingerprint density at radius 2 is 2.11 bits per heavy atom. The molecule has 28 heavy (non-hydrogen) atoms. The van der Waals surface area contributed by atoms with Crippen LogP contribution in [0, 0.1) is 0 Å². The molecule has 0 saturated heterocycles. The number of aromatic nitrogens is 3. The van der Waals surface area contributed by atoms with E-state index in [9.17, 15) is 5.11 Å². The molecule has 0 radical (unpaired) electrons. The molecule has 0 amide bonds. The SMILES string of the molecule is CCN(CC)C[C@@H](O)COc1ccc(CNCCSc2cn[nH]n2)cc1OC. The third-order valence-corrected chi connectivity index (χ3v) is 5.17. The molecule has 0 saturated carbocycles. The third-order valence-electron chi connectivity index (χ3n) is 4.27. The predicted molar refractivity (Wildman–Crippen MR) is 111 cm³/mol. The topological polar surface area (TPSA) is 95.5 Å². The Morgan fingerprint density at radius 1 is 1.29 bits per heavy atom. The zero-order valence-electron chi connectivity index (χ0n) is 16.9. The summed E-state index contributed by atoms with van der Waals surface area (Å²) >= 11 is 1.65. The van der Waals surface area contributed by atoms with Crippen LogP contribution in [-0.4, -0.2) is 77.2 Å². The number of benzene rings is 1. The van der Waals surface area contributed by atoms with Crippen LogP contribution in [0.5, 0.6) is 11.5 Å². The quantitative estimate of drug-likeness (QED) is 0.321. The molecule has 2 aromatic rings. The maximum absolute atomic E-state index is 10.2. The summed E-state index contributed by atoms with van der Waals surface area (Å²) in [6.07, 6.45) is 1.18. The van der Waals surface area contributed by atoms with E-state index in [1.54, 1.807) is 25.1 Å². The van der Waals surface area contributed by atoms with Crippen LogP contribution in [0.25, 0.3) is 0 Å². The van der Waals surface area contributed by atoms with E-state index >= 15 is 0 Å². The summed E-state index contributed by atoms with van der Waals surface area (Å²) in [4.78, 5) is 2.17. The molecule has 1 heterocycles. The number of methoxy groups -OCH3 is 1. The Kier molecular flexibility index (Phi) is 10.1. The predicted octanol–water partition coefficient (Wildman–Crippen LogP) is 1.78. The van der Waals surface area contributed by atoms with Gasteiger partial charge < -0.3 is 24.8 Å². The van der Waals surface area contributed by atoms with E-state index < -0.39 is 6.10 Å². The molecule has 8 nitrogen and oxygen atoms in total. The minimum Gasteiger partial charge on any atom is -0.493 e. The molecule has 1 atom stereocenters. The van der Waals surface area contributed by atoms with Gasteiger partial charge in [-0.25, -0.2) is 0 Å². The highest BCUT2D eigenvalue weighted by Crippen LogP contribution is 2.28. The average Bonchev–Trinajstić information content (AvgIpc) is 3.24. The highest BCUT2D eigenvalue weighted by atomic mass is 32.2. The summed E-state index contributed by atoms with van der Waals surface area (Å²) in [6, 6.07) is 5.86. The van der Waals surface area contributed by atoms with Gasteiger partial charge in [0.2, 0.25) is 0 Å². The third kappa shape index (κ3) is 7.67. The van der Waals surface area contributed by atoms with E-state index in [1.165, 1.54) is 0 Å². The number of aliphatic hydroxyl groups is 1. The number of hydrogen-bond donors (Lipinski definition) is 3. The van der Waals surface area contributed by atoms with Crippen LogP contribution >= 0.6 is 11.8 Å². The molecule has 0 aliphatic heterocycles. The fraction of sp³-hybridized carbons (Fsp3) is 0.579. The number of nitrogens with zero attached hydrogens (tertiary/aromatic N) is 3. The van der Waals surface area contributed by atoms with E-state index in [0.29, 0.717) is 18.0 Å². The number of H-pyrrole nitrogens is 1. The number of nitrogens with one attached hydrogen (secondary N) is 2. The Labute approximate surface area is 171 Å². The molecule has 0 bridgehead atoms. The van der Waals surface area contributed by atoms with Crippen LogP contribution in [-0.2, 0) is 6.54 Å². The van der Waals surface area contributed by atoms with Crippen molar-refractivity contribution in [1.29, 1.82) is 0 Å².